The Morgan fingerprint density at radius 3 is 2.50 bits per heavy atom. The summed E-state index contributed by atoms with van der Waals surface area (Å²) < 4.78 is 31.7. The normalized spacial score (nSPS) is 18.8. The third-order valence-electron chi connectivity index (χ3n) is 7.52. The van der Waals surface area contributed by atoms with E-state index in [1.807, 2.05) is 27.9 Å². The lowest BCUT2D eigenvalue weighted by atomic mass is 10.0. The summed E-state index contributed by atoms with van der Waals surface area (Å²) in [6.45, 7) is 1.57. The number of rotatable bonds is 8. The van der Waals surface area contributed by atoms with Crippen molar-refractivity contribution in [3.63, 3.8) is 0 Å². The van der Waals surface area contributed by atoms with Crippen molar-refractivity contribution in [2.24, 2.45) is 0 Å². The molecule has 3 amide bonds. The third-order valence-corrected chi connectivity index (χ3v) is 9.50. The number of sulfone groups is 1. The maximum atomic E-state index is 13.6. The molecule has 1 atom stereocenters. The van der Waals surface area contributed by atoms with Gasteiger partial charge >= 0.3 is 0 Å². The van der Waals surface area contributed by atoms with E-state index >= 15 is 0 Å². The van der Waals surface area contributed by atoms with E-state index in [1.54, 1.807) is 29.2 Å². The minimum Gasteiger partial charge on any atom is -0.375 e. The summed E-state index contributed by atoms with van der Waals surface area (Å²) in [5, 5.41) is 4.57. The van der Waals surface area contributed by atoms with Crippen molar-refractivity contribution in [1.29, 1.82) is 0 Å². The minimum absolute atomic E-state index is 0.0115. The molecule has 3 aliphatic rings. The van der Waals surface area contributed by atoms with E-state index in [0.29, 0.717) is 55.4 Å². The van der Waals surface area contributed by atoms with Gasteiger partial charge in [0.15, 0.2) is 9.84 Å². The fraction of sp³-hybridized carbons (Fsp3) is 0.444. The van der Waals surface area contributed by atoms with E-state index in [1.165, 1.54) is 19.2 Å². The molecule has 3 aliphatic heterocycles. The molecule has 0 aromatic heterocycles. The summed E-state index contributed by atoms with van der Waals surface area (Å²) >= 11 is 6.04. The summed E-state index contributed by atoms with van der Waals surface area (Å²) in [6.07, 6.45) is 2.97. The van der Waals surface area contributed by atoms with Crippen LogP contribution in [0.15, 0.2) is 53.2 Å². The van der Waals surface area contributed by atoms with E-state index in [0.717, 1.165) is 5.39 Å². The molecule has 0 unspecified atom stereocenters. The van der Waals surface area contributed by atoms with Crippen molar-refractivity contribution in [2.45, 2.75) is 29.8 Å². The van der Waals surface area contributed by atoms with Crippen LogP contribution in [0.4, 0.5) is 0 Å². The number of carbonyl (C=O) groups excluding carboxylic acids is 3. The molecule has 0 aliphatic carbocycles. The SMILES string of the molecule is COCC(=O)N[C@H](CS(=O)(=O)c1ccc2cc(Cl)ccc2c1)C(=O)N1CCC(N2CN3CN(C)C=C3C2=O)CC1. The van der Waals surface area contributed by atoms with Crippen molar-refractivity contribution in [3.8, 4) is 0 Å². The van der Waals surface area contributed by atoms with Crippen LogP contribution in [0.3, 0.4) is 0 Å². The number of nitrogens with zero attached hydrogens (tertiary/aromatic N) is 4. The fourth-order valence-corrected chi connectivity index (χ4v) is 7.15. The molecule has 0 bridgehead atoms. The van der Waals surface area contributed by atoms with Crippen LogP contribution in [-0.4, -0.2) is 111 Å². The highest BCUT2D eigenvalue weighted by Crippen LogP contribution is 2.29. The second-order valence-electron chi connectivity index (χ2n) is 10.4. The van der Waals surface area contributed by atoms with Gasteiger partial charge in [0.1, 0.15) is 18.3 Å². The van der Waals surface area contributed by atoms with Crippen LogP contribution in [0.25, 0.3) is 10.8 Å². The van der Waals surface area contributed by atoms with Crippen LogP contribution in [0.1, 0.15) is 12.8 Å². The van der Waals surface area contributed by atoms with Gasteiger partial charge in [0.25, 0.3) is 5.91 Å². The Hall–Kier alpha value is -3.35. The van der Waals surface area contributed by atoms with Crippen molar-refractivity contribution in [2.75, 3.05) is 52.9 Å². The molecule has 0 saturated carbocycles. The van der Waals surface area contributed by atoms with Gasteiger partial charge in [0.05, 0.1) is 24.0 Å². The number of ether oxygens (including phenoxy) is 1. The first kappa shape index (κ1) is 28.2. The van der Waals surface area contributed by atoms with Gasteiger partial charge in [0.2, 0.25) is 11.8 Å². The smallest absolute Gasteiger partial charge is 0.273 e. The van der Waals surface area contributed by atoms with Crippen LogP contribution in [-0.2, 0) is 29.0 Å². The lowest BCUT2D eigenvalue weighted by Gasteiger charge is -2.38. The number of likely N-dealkylation sites (tertiary alicyclic amines) is 1. The molecule has 11 nitrogen and oxygen atoms in total. The van der Waals surface area contributed by atoms with E-state index in [-0.39, 0.29) is 23.5 Å². The second kappa shape index (κ2) is 11.3. The highest BCUT2D eigenvalue weighted by atomic mass is 35.5. The number of piperidine rings is 1. The zero-order valence-corrected chi connectivity index (χ0v) is 23.9. The van der Waals surface area contributed by atoms with Crippen molar-refractivity contribution >= 4 is 49.9 Å². The minimum atomic E-state index is -3.95. The molecule has 1 N–H and O–H groups in total. The largest absolute Gasteiger partial charge is 0.375 e. The first-order valence-corrected chi connectivity index (χ1v) is 15.1. The Labute approximate surface area is 238 Å². The zero-order valence-electron chi connectivity index (χ0n) is 22.4. The summed E-state index contributed by atoms with van der Waals surface area (Å²) in [4.78, 5) is 46.3. The quantitative estimate of drug-likeness (QED) is 0.488. The number of methoxy groups -OCH3 is 1. The van der Waals surface area contributed by atoms with Crippen LogP contribution in [0.2, 0.25) is 5.02 Å². The summed E-state index contributed by atoms with van der Waals surface area (Å²) in [7, 11) is -0.688. The Balaban J connectivity index is 1.28. The molecule has 13 heteroatoms. The fourth-order valence-electron chi connectivity index (χ4n) is 5.53. The predicted molar refractivity (Wildman–Crippen MR) is 149 cm³/mol. The third kappa shape index (κ3) is 5.74. The van der Waals surface area contributed by atoms with Gasteiger partial charge in [-0.25, -0.2) is 8.42 Å². The molecule has 2 aromatic carbocycles. The maximum Gasteiger partial charge on any atom is 0.273 e. The number of fused-ring (bicyclic) bond motifs is 2. The number of benzene rings is 2. The standard InChI is InChI=1S/C27H32ClN5O6S/c1-30-13-24-27(36)33(17-32(24)16-30)21-7-9-31(10-8-21)26(35)23(29-25(34)14-39-2)15-40(37,38)22-6-4-18-11-20(28)5-3-19(18)12-22/h3-6,11-13,21,23H,7-10,14-17H2,1-2H3,(H,29,34)/t23-/m1/s1. The van der Waals surface area contributed by atoms with Crippen molar-refractivity contribution in [1.82, 2.24) is 24.9 Å². The predicted octanol–water partition coefficient (Wildman–Crippen LogP) is 1.24. The van der Waals surface area contributed by atoms with Gasteiger partial charge in [-0.15, -0.1) is 0 Å². The monoisotopic (exact) mass is 589 g/mol. The topological polar surface area (TPSA) is 120 Å². The molecule has 214 valence electrons. The Morgan fingerprint density at radius 2 is 1.80 bits per heavy atom. The maximum absolute atomic E-state index is 13.6. The van der Waals surface area contributed by atoms with Gasteiger partial charge in [-0.1, -0.05) is 23.7 Å². The van der Waals surface area contributed by atoms with Crippen LogP contribution < -0.4 is 5.32 Å². The highest BCUT2D eigenvalue weighted by molar-refractivity contribution is 7.91. The Morgan fingerprint density at radius 1 is 1.10 bits per heavy atom. The van der Waals surface area contributed by atoms with Gasteiger partial charge in [-0.2, -0.15) is 0 Å². The van der Waals surface area contributed by atoms with E-state index in [2.05, 4.69) is 5.32 Å². The van der Waals surface area contributed by atoms with Gasteiger partial charge in [-0.05, 0) is 47.9 Å². The summed E-state index contributed by atoms with van der Waals surface area (Å²) in [6, 6.07) is 8.51. The van der Waals surface area contributed by atoms with Crippen LogP contribution in [0.5, 0.6) is 0 Å². The van der Waals surface area contributed by atoms with Crippen molar-refractivity contribution < 1.29 is 27.5 Å². The van der Waals surface area contributed by atoms with E-state index in [9.17, 15) is 22.8 Å². The zero-order chi connectivity index (χ0) is 28.6. The number of halogens is 1. The number of carbonyl (C=O) groups is 3. The Kier molecular flexibility index (Phi) is 7.94. The molecule has 5 rings (SSSR count). The van der Waals surface area contributed by atoms with Crippen LogP contribution in [0, 0.1) is 0 Å². The summed E-state index contributed by atoms with van der Waals surface area (Å²) in [5.74, 6) is -1.67. The number of amides is 3. The number of hydrogen-bond donors (Lipinski definition) is 1. The molecule has 2 fully saturated rings. The molecule has 0 radical (unpaired) electrons. The molecule has 2 saturated heterocycles. The number of hydrogen-bond acceptors (Lipinski definition) is 8. The van der Waals surface area contributed by atoms with E-state index in [4.69, 9.17) is 16.3 Å². The molecular formula is C27H32ClN5O6S. The molecule has 3 heterocycles. The average Bonchev–Trinajstić information content (AvgIpc) is 3.44. The van der Waals surface area contributed by atoms with Gasteiger partial charge < -0.3 is 29.7 Å². The second-order valence-corrected chi connectivity index (χ2v) is 12.9. The first-order chi connectivity index (χ1) is 19.1. The highest BCUT2D eigenvalue weighted by Gasteiger charge is 2.42. The first-order valence-electron chi connectivity index (χ1n) is 13.0. The molecule has 40 heavy (non-hydrogen) atoms. The van der Waals surface area contributed by atoms with E-state index < -0.39 is 33.4 Å². The van der Waals surface area contributed by atoms with Gasteiger partial charge in [-0.3, -0.25) is 14.4 Å². The Bertz CT molecular complexity index is 1470. The summed E-state index contributed by atoms with van der Waals surface area (Å²) in [5.41, 5.74) is 0.684. The van der Waals surface area contributed by atoms with Gasteiger partial charge in [0, 0.05) is 44.5 Å². The molecule has 0 spiro atoms. The number of nitrogens with one attached hydrogen (secondary N) is 1. The molecule has 2 aromatic rings. The molecular weight excluding hydrogens is 558 g/mol. The van der Waals surface area contributed by atoms with Crippen molar-refractivity contribution in [3.05, 3.63) is 53.3 Å². The lowest BCUT2D eigenvalue weighted by Crippen LogP contribution is -2.55. The average molecular weight is 590 g/mol. The van der Waals surface area contributed by atoms with Crippen LogP contribution >= 0.6 is 11.6 Å². The lowest BCUT2D eigenvalue weighted by molar-refractivity contribution is -0.138.